The Labute approximate surface area is 219 Å². The summed E-state index contributed by atoms with van der Waals surface area (Å²) in [7, 11) is 0. The molecule has 3 N–H and O–H groups in total. The van der Waals surface area contributed by atoms with Crippen molar-refractivity contribution in [2.24, 2.45) is 17.8 Å². The predicted molar refractivity (Wildman–Crippen MR) is 146 cm³/mol. The quantitative estimate of drug-likeness (QED) is 0.581. The Morgan fingerprint density at radius 1 is 1.08 bits per heavy atom. The highest BCUT2D eigenvalue weighted by molar-refractivity contribution is 6.09. The monoisotopic (exact) mass is 498 g/mol. The lowest BCUT2D eigenvalue weighted by molar-refractivity contribution is -0.118. The number of hydrogen-bond donors (Lipinski definition) is 3. The molecule has 0 bridgehead atoms. The predicted octanol–water partition coefficient (Wildman–Crippen LogP) is 4.01. The number of carbonyl (C=O) groups is 1. The average Bonchev–Trinajstić information content (AvgIpc) is 3.47. The Morgan fingerprint density at radius 3 is 2.76 bits per heavy atom. The Morgan fingerprint density at radius 2 is 1.92 bits per heavy atom. The van der Waals surface area contributed by atoms with Gasteiger partial charge in [0.25, 0.3) is 0 Å². The van der Waals surface area contributed by atoms with Gasteiger partial charge in [0.2, 0.25) is 5.91 Å². The minimum atomic E-state index is -0.266. The molecule has 4 fully saturated rings. The number of anilines is 1. The van der Waals surface area contributed by atoms with Crippen LogP contribution in [-0.2, 0) is 21.5 Å². The largest absolute Gasteiger partial charge is 0.379 e. The third kappa shape index (κ3) is 4.24. The maximum Gasteiger partial charge on any atom is 0.235 e. The minimum absolute atomic E-state index is 0.231. The highest BCUT2D eigenvalue weighted by Gasteiger charge is 2.67. The summed E-state index contributed by atoms with van der Waals surface area (Å²) in [5, 5.41) is 3.17. The van der Waals surface area contributed by atoms with Gasteiger partial charge in [-0.05, 0) is 73.1 Å². The van der Waals surface area contributed by atoms with Gasteiger partial charge in [0.15, 0.2) is 0 Å². The van der Waals surface area contributed by atoms with Crippen LogP contribution in [0.25, 0.3) is 6.08 Å². The molecule has 5 aliphatic rings. The van der Waals surface area contributed by atoms with E-state index >= 15 is 0 Å². The van der Waals surface area contributed by atoms with Crippen molar-refractivity contribution >= 4 is 17.7 Å². The topological polar surface area (TPSA) is 65.6 Å². The molecule has 1 amide bonds. The van der Waals surface area contributed by atoms with Crippen LogP contribution in [0.1, 0.15) is 47.9 Å². The van der Waals surface area contributed by atoms with Gasteiger partial charge in [-0.2, -0.15) is 0 Å². The molecule has 6 nitrogen and oxygen atoms in total. The average molecular weight is 499 g/mol. The normalized spacial score (nSPS) is 35.1. The second-order valence-corrected chi connectivity index (χ2v) is 11.9. The molecular formula is C31H38N4O2. The zero-order chi connectivity index (χ0) is 25.0. The first-order chi connectivity index (χ1) is 18.1. The van der Waals surface area contributed by atoms with E-state index < -0.39 is 0 Å². The number of carbonyl (C=O) groups excluding carboxylic acids is 1. The smallest absolute Gasteiger partial charge is 0.235 e. The summed E-state index contributed by atoms with van der Waals surface area (Å²) >= 11 is 0. The SMILES string of the molecule is Cc1ccc2c(c1)[C@]1(C[C@H]1C1CCC3C(/C=C/c4ccc(CN5CCOCC5)cc4)NNC3C1)C(=O)N2. The maximum absolute atomic E-state index is 13.0. The van der Waals surface area contributed by atoms with Crippen LogP contribution in [-0.4, -0.2) is 49.2 Å². The van der Waals surface area contributed by atoms with Crippen molar-refractivity contribution in [1.82, 2.24) is 15.8 Å². The fourth-order valence-electron chi connectivity index (χ4n) is 7.58. The van der Waals surface area contributed by atoms with Crippen molar-refractivity contribution in [3.05, 3.63) is 70.8 Å². The zero-order valence-electron chi connectivity index (χ0n) is 21.7. The minimum Gasteiger partial charge on any atom is -0.379 e. The number of nitrogens with zero attached hydrogens (tertiary/aromatic N) is 1. The molecule has 6 atom stereocenters. The van der Waals surface area contributed by atoms with Gasteiger partial charge < -0.3 is 10.1 Å². The number of ether oxygens (including phenoxy) is 1. The lowest BCUT2D eigenvalue weighted by Crippen LogP contribution is -2.37. The summed E-state index contributed by atoms with van der Waals surface area (Å²) in [6.07, 6.45) is 9.19. The molecule has 7 rings (SSSR count). The van der Waals surface area contributed by atoms with Gasteiger partial charge in [-0.25, -0.2) is 0 Å². The molecule has 2 saturated heterocycles. The lowest BCUT2D eigenvalue weighted by Gasteiger charge is -2.33. The van der Waals surface area contributed by atoms with Crippen LogP contribution in [0.5, 0.6) is 0 Å². The van der Waals surface area contributed by atoms with Gasteiger partial charge in [-0.3, -0.25) is 20.5 Å². The number of rotatable bonds is 5. The Bertz CT molecular complexity index is 1200. The second-order valence-electron chi connectivity index (χ2n) is 11.9. The molecule has 2 aromatic rings. The van der Waals surface area contributed by atoms with Crippen LogP contribution in [0.4, 0.5) is 5.69 Å². The Hall–Kier alpha value is -2.51. The molecule has 6 heteroatoms. The molecule has 3 heterocycles. The van der Waals surface area contributed by atoms with Gasteiger partial charge in [-0.15, -0.1) is 0 Å². The van der Waals surface area contributed by atoms with E-state index in [9.17, 15) is 4.79 Å². The molecule has 2 aliphatic carbocycles. The molecule has 2 saturated carbocycles. The van der Waals surface area contributed by atoms with Gasteiger partial charge in [0.05, 0.1) is 18.6 Å². The van der Waals surface area contributed by atoms with Crippen molar-refractivity contribution < 1.29 is 9.53 Å². The fourth-order valence-corrected chi connectivity index (χ4v) is 7.58. The van der Waals surface area contributed by atoms with E-state index in [-0.39, 0.29) is 11.3 Å². The van der Waals surface area contributed by atoms with Crippen LogP contribution in [0.15, 0.2) is 48.5 Å². The highest BCUT2D eigenvalue weighted by Crippen LogP contribution is 2.65. The fraction of sp³-hybridized carbons (Fsp3) is 0.516. The van der Waals surface area contributed by atoms with Gasteiger partial charge in [0.1, 0.15) is 0 Å². The van der Waals surface area contributed by atoms with Crippen molar-refractivity contribution in [2.45, 2.75) is 56.7 Å². The molecule has 0 radical (unpaired) electrons. The van der Waals surface area contributed by atoms with Crippen molar-refractivity contribution in [3.8, 4) is 0 Å². The third-order valence-electron chi connectivity index (χ3n) is 9.72. The number of morpholine rings is 1. The molecular weight excluding hydrogens is 460 g/mol. The van der Waals surface area contributed by atoms with Crippen molar-refractivity contribution in [1.29, 1.82) is 0 Å². The summed E-state index contributed by atoms with van der Waals surface area (Å²) in [5.74, 6) is 1.92. The lowest BCUT2D eigenvalue weighted by atomic mass is 9.73. The summed E-state index contributed by atoms with van der Waals surface area (Å²) in [5.41, 5.74) is 13.1. The maximum atomic E-state index is 13.0. The van der Waals surface area contributed by atoms with Gasteiger partial charge in [0, 0.05) is 37.4 Å². The first-order valence-corrected chi connectivity index (χ1v) is 14.1. The zero-order valence-corrected chi connectivity index (χ0v) is 21.7. The van der Waals surface area contributed by atoms with Crippen LogP contribution in [0, 0.1) is 24.7 Å². The number of amides is 1. The molecule has 37 heavy (non-hydrogen) atoms. The van der Waals surface area contributed by atoms with Crippen LogP contribution in [0.3, 0.4) is 0 Å². The summed E-state index contributed by atoms with van der Waals surface area (Å²) in [4.78, 5) is 15.5. The highest BCUT2D eigenvalue weighted by atomic mass is 16.5. The number of benzene rings is 2. The number of hydrazine groups is 1. The molecule has 2 aromatic carbocycles. The van der Waals surface area contributed by atoms with E-state index in [1.165, 1.54) is 35.1 Å². The van der Waals surface area contributed by atoms with Crippen LogP contribution < -0.4 is 16.2 Å². The van der Waals surface area contributed by atoms with Gasteiger partial charge >= 0.3 is 0 Å². The van der Waals surface area contributed by atoms with E-state index in [1.807, 2.05) is 0 Å². The first kappa shape index (κ1) is 23.6. The summed E-state index contributed by atoms with van der Waals surface area (Å²) in [6, 6.07) is 16.2. The number of hydrogen-bond acceptors (Lipinski definition) is 5. The first-order valence-electron chi connectivity index (χ1n) is 14.1. The molecule has 3 aliphatic heterocycles. The van der Waals surface area contributed by atoms with Crippen LogP contribution in [0.2, 0.25) is 0 Å². The number of aryl methyl sites for hydroxylation is 1. The second kappa shape index (κ2) is 9.35. The van der Waals surface area contributed by atoms with E-state index in [2.05, 4.69) is 82.6 Å². The van der Waals surface area contributed by atoms with E-state index in [4.69, 9.17) is 4.74 Å². The van der Waals surface area contributed by atoms with Crippen LogP contribution >= 0.6 is 0 Å². The van der Waals surface area contributed by atoms with Crippen molar-refractivity contribution in [2.75, 3.05) is 31.6 Å². The molecule has 1 spiro atoms. The molecule has 0 aromatic heterocycles. The third-order valence-corrected chi connectivity index (χ3v) is 9.72. The van der Waals surface area contributed by atoms with E-state index in [0.717, 1.165) is 51.4 Å². The summed E-state index contributed by atoms with van der Waals surface area (Å²) in [6.45, 7) is 6.86. The van der Waals surface area contributed by atoms with Crippen molar-refractivity contribution in [3.63, 3.8) is 0 Å². The Kier molecular flexibility index (Phi) is 5.96. The standard InChI is InChI=1S/C31H38N4O2/c1-20-2-10-28-25(16-20)31(30(36)32-28)18-26(31)23-8-9-24-27(33-34-29(24)17-23)11-7-21-3-5-22(6-4-21)19-35-12-14-37-15-13-35/h2-7,10-11,16,23-24,26-27,29,33-34H,8-9,12-15,17-19H2,1H3,(H,32,36)/b11-7+/t23?,24?,26-,27?,29?,31-/m0/s1. The number of nitrogens with one attached hydrogen (secondary N) is 3. The van der Waals surface area contributed by atoms with E-state index in [1.54, 1.807) is 0 Å². The Balaban J connectivity index is 0.964. The van der Waals surface area contributed by atoms with Gasteiger partial charge in [-0.1, -0.05) is 54.1 Å². The van der Waals surface area contributed by atoms with E-state index in [0.29, 0.717) is 29.8 Å². The number of fused-ring (bicyclic) bond motifs is 3. The molecule has 194 valence electrons. The summed E-state index contributed by atoms with van der Waals surface area (Å²) < 4.78 is 5.46. The molecule has 4 unspecified atom stereocenters.